The van der Waals surface area contributed by atoms with Crippen molar-refractivity contribution in [3.63, 3.8) is 0 Å². The molecule has 0 spiro atoms. The quantitative estimate of drug-likeness (QED) is 0.813. The second-order valence-electron chi connectivity index (χ2n) is 4.98. The summed E-state index contributed by atoms with van der Waals surface area (Å²) in [5.41, 5.74) is 2.84. The van der Waals surface area contributed by atoms with Gasteiger partial charge >= 0.3 is 0 Å². The lowest BCUT2D eigenvalue weighted by atomic mass is 10.2. The number of aryl methyl sites for hydroxylation is 1. The van der Waals surface area contributed by atoms with Crippen LogP contribution in [0.25, 0.3) is 0 Å². The van der Waals surface area contributed by atoms with Gasteiger partial charge in [0.15, 0.2) is 0 Å². The molecule has 0 unspecified atom stereocenters. The van der Waals surface area contributed by atoms with E-state index >= 15 is 0 Å². The van der Waals surface area contributed by atoms with Gasteiger partial charge in [0.2, 0.25) is 0 Å². The molecule has 116 valence electrons. The van der Waals surface area contributed by atoms with E-state index in [1.54, 1.807) is 12.4 Å². The van der Waals surface area contributed by atoms with Gasteiger partial charge in [-0.15, -0.1) is 0 Å². The van der Waals surface area contributed by atoms with Gasteiger partial charge in [0, 0.05) is 37.1 Å². The maximum Gasteiger partial charge on any atom is 0.257 e. The van der Waals surface area contributed by atoms with Crippen LogP contribution >= 0.6 is 0 Å². The first-order valence-corrected chi connectivity index (χ1v) is 7.12. The highest BCUT2D eigenvalue weighted by atomic mass is 19.3. The lowest BCUT2D eigenvalue weighted by Gasteiger charge is -2.08. The van der Waals surface area contributed by atoms with E-state index in [4.69, 9.17) is 0 Å². The molecule has 0 fully saturated rings. The third-order valence-corrected chi connectivity index (χ3v) is 3.38. The van der Waals surface area contributed by atoms with Gasteiger partial charge in [-0.05, 0) is 19.4 Å². The molecule has 0 aliphatic rings. The van der Waals surface area contributed by atoms with Crippen LogP contribution in [0.2, 0.25) is 0 Å². The number of alkyl halides is 2. The van der Waals surface area contributed by atoms with Crippen LogP contribution in [0, 0.1) is 6.92 Å². The van der Waals surface area contributed by atoms with Gasteiger partial charge in [-0.1, -0.05) is 6.92 Å². The Balaban J connectivity index is 1.88. The number of nitrogens with one attached hydrogen (secondary N) is 1. The van der Waals surface area contributed by atoms with Crippen LogP contribution < -0.4 is 5.32 Å². The summed E-state index contributed by atoms with van der Waals surface area (Å²) in [7, 11) is 0. The van der Waals surface area contributed by atoms with Crippen molar-refractivity contribution in [1.29, 1.82) is 0 Å². The maximum absolute atomic E-state index is 12.4. The molecule has 2 aromatic heterocycles. The largest absolute Gasteiger partial charge is 0.307 e. The van der Waals surface area contributed by atoms with Crippen molar-refractivity contribution in [2.75, 3.05) is 0 Å². The summed E-state index contributed by atoms with van der Waals surface area (Å²) in [4.78, 5) is 0. The Bertz CT molecular complexity index is 561. The van der Waals surface area contributed by atoms with Crippen LogP contribution in [0.5, 0.6) is 0 Å². The fraction of sp³-hybridized carbons (Fsp3) is 0.571. The minimum atomic E-state index is -2.38. The van der Waals surface area contributed by atoms with Crippen LogP contribution in [0.4, 0.5) is 8.78 Å². The highest BCUT2D eigenvalue weighted by Gasteiger charge is 2.11. The van der Waals surface area contributed by atoms with Gasteiger partial charge in [-0.2, -0.15) is 10.2 Å². The molecule has 0 saturated heterocycles. The molecule has 2 aromatic rings. The van der Waals surface area contributed by atoms with E-state index < -0.39 is 6.43 Å². The molecule has 0 atom stereocenters. The van der Waals surface area contributed by atoms with Crippen LogP contribution in [-0.2, 0) is 26.2 Å². The van der Waals surface area contributed by atoms with Gasteiger partial charge < -0.3 is 5.32 Å². The zero-order valence-electron chi connectivity index (χ0n) is 12.4. The summed E-state index contributed by atoms with van der Waals surface area (Å²) in [5.74, 6) is 0. The molecule has 0 aliphatic heterocycles. The number of nitrogens with zero attached hydrogens (tertiary/aromatic N) is 4. The SMILES string of the molecule is CCCn1nccc1CNCc1cnn(CC(F)F)c1C. The molecular formula is C14H21F2N5. The van der Waals surface area contributed by atoms with Gasteiger partial charge in [-0.3, -0.25) is 9.36 Å². The molecular weight excluding hydrogens is 276 g/mol. The van der Waals surface area contributed by atoms with E-state index in [2.05, 4.69) is 22.4 Å². The summed E-state index contributed by atoms with van der Waals surface area (Å²) >= 11 is 0. The third kappa shape index (κ3) is 4.10. The number of hydrogen-bond acceptors (Lipinski definition) is 3. The Morgan fingerprint density at radius 1 is 1.24 bits per heavy atom. The first-order chi connectivity index (χ1) is 10.1. The average Bonchev–Trinajstić information content (AvgIpc) is 3.00. The minimum absolute atomic E-state index is 0.352. The zero-order chi connectivity index (χ0) is 15.2. The van der Waals surface area contributed by atoms with Gasteiger partial charge in [0.25, 0.3) is 6.43 Å². The normalized spacial score (nSPS) is 11.5. The van der Waals surface area contributed by atoms with Crippen LogP contribution in [0.3, 0.4) is 0 Å². The predicted molar refractivity (Wildman–Crippen MR) is 76.0 cm³/mol. The average molecular weight is 297 g/mol. The van der Waals surface area contributed by atoms with Crippen molar-refractivity contribution in [2.45, 2.75) is 52.9 Å². The van der Waals surface area contributed by atoms with Crippen LogP contribution in [0.1, 0.15) is 30.3 Å². The van der Waals surface area contributed by atoms with Crippen LogP contribution in [0.15, 0.2) is 18.5 Å². The molecule has 0 amide bonds. The summed E-state index contributed by atoms with van der Waals surface area (Å²) in [5, 5.41) is 11.6. The lowest BCUT2D eigenvalue weighted by molar-refractivity contribution is 0.121. The highest BCUT2D eigenvalue weighted by Crippen LogP contribution is 2.09. The summed E-state index contributed by atoms with van der Waals surface area (Å²) in [6, 6.07) is 1.98. The molecule has 0 aliphatic carbocycles. The topological polar surface area (TPSA) is 47.7 Å². The van der Waals surface area contributed by atoms with E-state index in [1.807, 2.05) is 17.7 Å². The Morgan fingerprint density at radius 2 is 2.05 bits per heavy atom. The first kappa shape index (κ1) is 15.6. The fourth-order valence-electron chi connectivity index (χ4n) is 2.22. The molecule has 1 N–H and O–H groups in total. The summed E-state index contributed by atoms with van der Waals surface area (Å²) < 4.78 is 28.1. The number of aromatic nitrogens is 4. The first-order valence-electron chi connectivity index (χ1n) is 7.12. The molecule has 0 saturated carbocycles. The van der Waals surface area contributed by atoms with Crippen molar-refractivity contribution in [2.24, 2.45) is 0 Å². The van der Waals surface area contributed by atoms with Crippen molar-refractivity contribution < 1.29 is 8.78 Å². The van der Waals surface area contributed by atoms with E-state index in [1.165, 1.54) is 4.68 Å². The summed E-state index contributed by atoms with van der Waals surface area (Å²) in [6.07, 6.45) is 2.09. The molecule has 21 heavy (non-hydrogen) atoms. The van der Waals surface area contributed by atoms with Gasteiger partial charge in [0.05, 0.1) is 11.9 Å². The molecule has 2 rings (SSSR count). The summed E-state index contributed by atoms with van der Waals surface area (Å²) in [6.45, 7) is 5.77. The molecule has 0 bridgehead atoms. The molecule has 0 radical (unpaired) electrons. The molecule has 0 aromatic carbocycles. The standard InChI is InChI=1S/C14H21F2N5/c1-3-6-20-13(4-5-18-20)9-17-7-12-8-19-21(11(12)2)10-14(15)16/h4-5,8,14,17H,3,6-7,9-10H2,1-2H3. The highest BCUT2D eigenvalue weighted by molar-refractivity contribution is 5.16. The number of rotatable bonds is 8. The van der Waals surface area contributed by atoms with E-state index in [0.717, 1.165) is 29.9 Å². The maximum atomic E-state index is 12.4. The molecule has 2 heterocycles. The van der Waals surface area contributed by atoms with Crippen LogP contribution in [-0.4, -0.2) is 26.0 Å². The second-order valence-corrected chi connectivity index (χ2v) is 4.98. The van der Waals surface area contributed by atoms with Gasteiger partial charge in [0.1, 0.15) is 6.54 Å². The van der Waals surface area contributed by atoms with E-state index in [0.29, 0.717) is 13.1 Å². The lowest BCUT2D eigenvalue weighted by Crippen LogP contribution is -2.17. The Morgan fingerprint density at radius 3 is 2.76 bits per heavy atom. The molecule has 5 nitrogen and oxygen atoms in total. The second kappa shape index (κ2) is 7.31. The van der Waals surface area contributed by atoms with Crippen molar-refractivity contribution in [1.82, 2.24) is 24.9 Å². The zero-order valence-corrected chi connectivity index (χ0v) is 12.4. The van der Waals surface area contributed by atoms with E-state index in [9.17, 15) is 8.78 Å². The monoisotopic (exact) mass is 297 g/mol. The fourth-order valence-corrected chi connectivity index (χ4v) is 2.22. The van der Waals surface area contributed by atoms with Crippen molar-refractivity contribution in [3.8, 4) is 0 Å². The number of halogens is 2. The molecule has 7 heteroatoms. The van der Waals surface area contributed by atoms with Crippen molar-refractivity contribution >= 4 is 0 Å². The number of hydrogen-bond donors (Lipinski definition) is 1. The predicted octanol–water partition coefficient (Wildman–Crippen LogP) is 2.35. The smallest absolute Gasteiger partial charge is 0.257 e. The van der Waals surface area contributed by atoms with Gasteiger partial charge in [-0.25, -0.2) is 8.78 Å². The van der Waals surface area contributed by atoms with E-state index in [-0.39, 0.29) is 6.54 Å². The Kier molecular flexibility index (Phi) is 5.44. The minimum Gasteiger partial charge on any atom is -0.307 e. The third-order valence-electron chi connectivity index (χ3n) is 3.38. The Hall–Kier alpha value is -1.76. The Labute approximate surface area is 123 Å². The van der Waals surface area contributed by atoms with Crippen molar-refractivity contribution in [3.05, 3.63) is 35.4 Å².